The quantitative estimate of drug-likeness (QED) is 0.574. The minimum absolute atomic E-state index is 0.177. The number of methoxy groups -OCH3 is 2. The SMILES string of the molecule is C=C(C)COc1ccc2c(c1)OC(=Cc1ccc(OC)cc1OC)C2=O. The Kier molecular flexibility index (Phi) is 4.98. The van der Waals surface area contributed by atoms with Crippen LogP contribution in [0.5, 0.6) is 23.0 Å². The van der Waals surface area contributed by atoms with Gasteiger partial charge in [-0.15, -0.1) is 0 Å². The number of hydrogen-bond acceptors (Lipinski definition) is 5. The summed E-state index contributed by atoms with van der Waals surface area (Å²) in [5, 5.41) is 0. The first-order valence-electron chi connectivity index (χ1n) is 8.09. The number of Topliss-reactive ketones (excluding diaryl/α,β-unsaturated/α-hetero) is 1. The molecule has 134 valence electrons. The maximum absolute atomic E-state index is 12.6. The van der Waals surface area contributed by atoms with Gasteiger partial charge in [0.05, 0.1) is 19.8 Å². The normalized spacial score (nSPS) is 14.0. The van der Waals surface area contributed by atoms with Gasteiger partial charge in [-0.2, -0.15) is 0 Å². The molecule has 2 aromatic carbocycles. The van der Waals surface area contributed by atoms with E-state index in [2.05, 4.69) is 6.58 Å². The molecule has 2 aromatic rings. The van der Waals surface area contributed by atoms with Crippen molar-refractivity contribution in [3.8, 4) is 23.0 Å². The van der Waals surface area contributed by atoms with Crippen molar-refractivity contribution in [1.82, 2.24) is 0 Å². The van der Waals surface area contributed by atoms with Gasteiger partial charge in [-0.1, -0.05) is 6.58 Å². The van der Waals surface area contributed by atoms with Crippen LogP contribution >= 0.6 is 0 Å². The van der Waals surface area contributed by atoms with Gasteiger partial charge >= 0.3 is 0 Å². The van der Waals surface area contributed by atoms with E-state index in [-0.39, 0.29) is 11.5 Å². The summed E-state index contributed by atoms with van der Waals surface area (Å²) in [5.74, 6) is 2.43. The van der Waals surface area contributed by atoms with Crippen molar-refractivity contribution in [2.45, 2.75) is 6.92 Å². The highest BCUT2D eigenvalue weighted by atomic mass is 16.5. The molecule has 0 amide bonds. The minimum atomic E-state index is -0.177. The van der Waals surface area contributed by atoms with Gasteiger partial charge in [-0.3, -0.25) is 4.79 Å². The Morgan fingerprint density at radius 1 is 1.12 bits per heavy atom. The van der Waals surface area contributed by atoms with Gasteiger partial charge in [0.1, 0.15) is 29.6 Å². The molecule has 0 radical (unpaired) electrons. The van der Waals surface area contributed by atoms with E-state index in [1.165, 1.54) is 0 Å². The fourth-order valence-corrected chi connectivity index (χ4v) is 2.54. The first-order valence-corrected chi connectivity index (χ1v) is 8.09. The zero-order valence-corrected chi connectivity index (χ0v) is 15.0. The number of ether oxygens (including phenoxy) is 4. The molecule has 0 bridgehead atoms. The van der Waals surface area contributed by atoms with Gasteiger partial charge in [0.15, 0.2) is 5.76 Å². The summed E-state index contributed by atoms with van der Waals surface area (Å²) >= 11 is 0. The third-order valence-corrected chi connectivity index (χ3v) is 3.85. The van der Waals surface area contributed by atoms with Crippen molar-refractivity contribution in [3.05, 3.63) is 65.4 Å². The Morgan fingerprint density at radius 3 is 2.58 bits per heavy atom. The standard InChI is InChI=1S/C21H20O5/c1-13(2)12-25-16-7-8-17-19(11-16)26-20(21(17)22)9-14-5-6-15(23-3)10-18(14)24-4/h5-11H,1,12H2,2-4H3. The maximum Gasteiger partial charge on any atom is 0.231 e. The summed E-state index contributed by atoms with van der Waals surface area (Å²) in [4.78, 5) is 12.6. The van der Waals surface area contributed by atoms with Crippen molar-refractivity contribution < 1.29 is 23.7 Å². The highest BCUT2D eigenvalue weighted by molar-refractivity contribution is 6.14. The van der Waals surface area contributed by atoms with Crippen molar-refractivity contribution in [3.63, 3.8) is 0 Å². The van der Waals surface area contributed by atoms with Gasteiger partial charge in [-0.25, -0.2) is 0 Å². The number of fused-ring (bicyclic) bond motifs is 1. The molecule has 5 nitrogen and oxygen atoms in total. The summed E-state index contributed by atoms with van der Waals surface area (Å²) in [7, 11) is 3.15. The van der Waals surface area contributed by atoms with Crippen LogP contribution in [0.2, 0.25) is 0 Å². The second-order valence-corrected chi connectivity index (χ2v) is 5.95. The lowest BCUT2D eigenvalue weighted by atomic mass is 10.1. The van der Waals surface area contributed by atoms with E-state index >= 15 is 0 Å². The van der Waals surface area contributed by atoms with Gasteiger partial charge in [0, 0.05) is 17.7 Å². The van der Waals surface area contributed by atoms with Gasteiger partial charge in [0.2, 0.25) is 5.78 Å². The van der Waals surface area contributed by atoms with E-state index in [1.54, 1.807) is 50.6 Å². The fourth-order valence-electron chi connectivity index (χ4n) is 2.54. The fraction of sp³-hybridized carbons (Fsp3) is 0.190. The topological polar surface area (TPSA) is 54.0 Å². The summed E-state index contributed by atoms with van der Waals surface area (Å²) in [6.45, 7) is 6.10. The third-order valence-electron chi connectivity index (χ3n) is 3.85. The number of rotatable bonds is 6. The molecular formula is C21H20O5. The zero-order valence-electron chi connectivity index (χ0n) is 15.0. The Hall–Kier alpha value is -3.21. The summed E-state index contributed by atoms with van der Waals surface area (Å²) in [5.41, 5.74) is 2.14. The van der Waals surface area contributed by atoms with Crippen molar-refractivity contribution in [2.24, 2.45) is 0 Å². The first-order chi connectivity index (χ1) is 12.5. The molecule has 5 heteroatoms. The lowest BCUT2D eigenvalue weighted by molar-refractivity contribution is 0.101. The molecule has 1 aliphatic rings. The average Bonchev–Trinajstić information content (AvgIpc) is 2.95. The highest BCUT2D eigenvalue weighted by Gasteiger charge is 2.28. The Labute approximate surface area is 152 Å². The molecule has 0 saturated carbocycles. The Balaban J connectivity index is 1.87. The number of benzene rings is 2. The van der Waals surface area contributed by atoms with Crippen LogP contribution < -0.4 is 18.9 Å². The molecule has 0 aliphatic carbocycles. The maximum atomic E-state index is 12.6. The predicted octanol–water partition coefficient (Wildman–Crippen LogP) is 4.27. The van der Waals surface area contributed by atoms with Gasteiger partial charge < -0.3 is 18.9 Å². The summed E-state index contributed by atoms with van der Waals surface area (Å²) < 4.78 is 21.9. The number of carbonyl (C=O) groups excluding carboxylic acids is 1. The molecule has 0 atom stereocenters. The molecule has 0 unspecified atom stereocenters. The lowest BCUT2D eigenvalue weighted by Crippen LogP contribution is -1.99. The molecule has 26 heavy (non-hydrogen) atoms. The number of carbonyl (C=O) groups is 1. The summed E-state index contributed by atoms with van der Waals surface area (Å²) in [6.07, 6.45) is 1.66. The zero-order chi connectivity index (χ0) is 18.7. The van der Waals surface area contributed by atoms with Crippen molar-refractivity contribution in [2.75, 3.05) is 20.8 Å². The van der Waals surface area contributed by atoms with Crippen LogP contribution in [0, 0.1) is 0 Å². The van der Waals surface area contributed by atoms with Crippen LogP contribution in [-0.2, 0) is 0 Å². The van der Waals surface area contributed by atoms with E-state index in [9.17, 15) is 4.79 Å². The van der Waals surface area contributed by atoms with Crippen molar-refractivity contribution >= 4 is 11.9 Å². The Morgan fingerprint density at radius 2 is 1.88 bits per heavy atom. The number of allylic oxidation sites excluding steroid dienone is 1. The molecule has 0 N–H and O–H groups in total. The predicted molar refractivity (Wildman–Crippen MR) is 99.2 cm³/mol. The van der Waals surface area contributed by atoms with E-state index in [0.717, 1.165) is 11.1 Å². The Bertz CT molecular complexity index is 895. The van der Waals surface area contributed by atoms with Gasteiger partial charge in [-0.05, 0) is 42.8 Å². The summed E-state index contributed by atoms with van der Waals surface area (Å²) in [6, 6.07) is 10.5. The average molecular weight is 352 g/mol. The molecule has 0 spiro atoms. The number of hydrogen-bond donors (Lipinski definition) is 0. The number of ketones is 1. The smallest absolute Gasteiger partial charge is 0.231 e. The van der Waals surface area contributed by atoms with Crippen LogP contribution in [0.25, 0.3) is 6.08 Å². The van der Waals surface area contributed by atoms with E-state index in [1.807, 2.05) is 13.0 Å². The van der Waals surface area contributed by atoms with E-state index in [0.29, 0.717) is 35.2 Å². The minimum Gasteiger partial charge on any atom is -0.497 e. The molecular weight excluding hydrogens is 332 g/mol. The van der Waals surface area contributed by atoms with Crippen LogP contribution in [0.4, 0.5) is 0 Å². The highest BCUT2D eigenvalue weighted by Crippen LogP contribution is 2.36. The molecule has 1 heterocycles. The molecule has 0 aromatic heterocycles. The second kappa shape index (κ2) is 7.35. The molecule has 3 rings (SSSR count). The lowest BCUT2D eigenvalue weighted by Gasteiger charge is -2.08. The largest absolute Gasteiger partial charge is 0.497 e. The third kappa shape index (κ3) is 3.57. The monoisotopic (exact) mass is 352 g/mol. The van der Waals surface area contributed by atoms with Crippen LogP contribution in [0.15, 0.2) is 54.3 Å². The molecule has 0 saturated heterocycles. The van der Waals surface area contributed by atoms with Crippen molar-refractivity contribution in [1.29, 1.82) is 0 Å². The van der Waals surface area contributed by atoms with Crippen LogP contribution in [0.3, 0.4) is 0 Å². The van der Waals surface area contributed by atoms with Crippen LogP contribution in [0.1, 0.15) is 22.8 Å². The molecule has 0 fully saturated rings. The first kappa shape index (κ1) is 17.6. The van der Waals surface area contributed by atoms with E-state index in [4.69, 9.17) is 18.9 Å². The molecule has 1 aliphatic heterocycles. The van der Waals surface area contributed by atoms with E-state index < -0.39 is 0 Å². The van der Waals surface area contributed by atoms with Crippen LogP contribution in [-0.4, -0.2) is 26.6 Å². The van der Waals surface area contributed by atoms with Gasteiger partial charge in [0.25, 0.3) is 0 Å². The second-order valence-electron chi connectivity index (χ2n) is 5.95.